The summed E-state index contributed by atoms with van der Waals surface area (Å²) in [6, 6.07) is 2.02. The quantitative estimate of drug-likeness (QED) is 0.638. The van der Waals surface area contributed by atoms with E-state index >= 15 is 0 Å². The van der Waals surface area contributed by atoms with Crippen LogP contribution in [0.1, 0.15) is 17.4 Å². The fourth-order valence-corrected chi connectivity index (χ4v) is 1.59. The van der Waals surface area contributed by atoms with Gasteiger partial charge in [-0.05, 0) is 30.9 Å². The highest BCUT2D eigenvalue weighted by atomic mass is 32.1. The summed E-state index contributed by atoms with van der Waals surface area (Å²) in [5, 5.41) is 2.02. The Kier molecular flexibility index (Phi) is 2.22. The Morgan fingerprint density at radius 3 is 2.80 bits per heavy atom. The highest BCUT2D eigenvalue weighted by Crippen LogP contribution is 2.15. The van der Waals surface area contributed by atoms with Crippen LogP contribution in [0.25, 0.3) is 0 Å². The molecule has 0 amide bonds. The van der Waals surface area contributed by atoms with E-state index in [1.807, 2.05) is 18.4 Å². The molecule has 0 bridgehead atoms. The molecule has 2 heteroatoms. The molecule has 0 aliphatic rings. The Hall–Kier alpha value is -0.630. The van der Waals surface area contributed by atoms with Gasteiger partial charge in [0.15, 0.2) is 0 Å². The van der Waals surface area contributed by atoms with E-state index in [-0.39, 0.29) is 5.78 Å². The number of rotatable bonds is 2. The molecule has 0 aromatic carbocycles. The lowest BCUT2D eigenvalue weighted by atomic mass is 10.1. The number of ketones is 1. The molecule has 0 aliphatic heterocycles. The van der Waals surface area contributed by atoms with Crippen molar-refractivity contribution in [3.8, 4) is 0 Å². The average Bonchev–Trinajstić information content (AvgIpc) is 2.15. The maximum absolute atomic E-state index is 10.7. The van der Waals surface area contributed by atoms with Gasteiger partial charge < -0.3 is 0 Å². The number of hydrogen-bond donors (Lipinski definition) is 0. The van der Waals surface area contributed by atoms with Gasteiger partial charge in [-0.1, -0.05) is 0 Å². The number of carbonyl (C=O) groups excluding carboxylic acids is 1. The molecular formula is C8H10OS. The van der Waals surface area contributed by atoms with E-state index in [0.717, 1.165) is 0 Å². The first-order valence-corrected chi connectivity index (χ1v) is 4.10. The summed E-state index contributed by atoms with van der Waals surface area (Å²) in [7, 11) is 0. The normalized spacial score (nSPS) is 9.80. The van der Waals surface area contributed by atoms with Gasteiger partial charge in [0.1, 0.15) is 5.78 Å². The molecule has 0 spiro atoms. The Morgan fingerprint density at radius 2 is 2.40 bits per heavy atom. The van der Waals surface area contributed by atoms with Gasteiger partial charge in [0, 0.05) is 11.3 Å². The highest BCUT2D eigenvalue weighted by molar-refractivity contribution is 7.10. The topological polar surface area (TPSA) is 17.1 Å². The van der Waals surface area contributed by atoms with Crippen LogP contribution in [0, 0.1) is 6.92 Å². The second-order valence-corrected chi connectivity index (χ2v) is 3.50. The molecule has 0 N–H and O–H groups in total. The third-order valence-electron chi connectivity index (χ3n) is 1.41. The van der Waals surface area contributed by atoms with Crippen LogP contribution in [0.4, 0.5) is 0 Å². The SMILES string of the molecule is CC(=O)Cc1ccsc1C. The minimum Gasteiger partial charge on any atom is -0.300 e. The van der Waals surface area contributed by atoms with Crippen LogP contribution in [0.5, 0.6) is 0 Å². The molecule has 1 aromatic rings. The first-order chi connectivity index (χ1) is 4.70. The minimum atomic E-state index is 0.238. The van der Waals surface area contributed by atoms with Crippen molar-refractivity contribution in [2.75, 3.05) is 0 Å². The first kappa shape index (κ1) is 7.48. The number of hydrogen-bond acceptors (Lipinski definition) is 2. The zero-order valence-corrected chi connectivity index (χ0v) is 6.99. The van der Waals surface area contributed by atoms with E-state index in [1.54, 1.807) is 18.3 Å². The molecule has 0 saturated carbocycles. The first-order valence-electron chi connectivity index (χ1n) is 3.22. The summed E-state index contributed by atoms with van der Waals surface area (Å²) >= 11 is 1.69. The van der Waals surface area contributed by atoms with Crippen LogP contribution in [-0.4, -0.2) is 5.78 Å². The van der Waals surface area contributed by atoms with E-state index < -0.39 is 0 Å². The van der Waals surface area contributed by atoms with Crippen molar-refractivity contribution in [1.82, 2.24) is 0 Å². The highest BCUT2D eigenvalue weighted by Gasteiger charge is 2.00. The van der Waals surface area contributed by atoms with E-state index in [1.165, 1.54) is 10.4 Å². The van der Waals surface area contributed by atoms with Crippen molar-refractivity contribution in [3.05, 3.63) is 21.9 Å². The summed E-state index contributed by atoms with van der Waals surface area (Å²) < 4.78 is 0. The molecule has 0 aliphatic carbocycles. The molecule has 1 rings (SSSR count). The summed E-state index contributed by atoms with van der Waals surface area (Å²) in [4.78, 5) is 11.9. The van der Waals surface area contributed by atoms with Crippen LogP contribution >= 0.6 is 11.3 Å². The van der Waals surface area contributed by atoms with Crippen LogP contribution in [0.3, 0.4) is 0 Å². The van der Waals surface area contributed by atoms with E-state index in [9.17, 15) is 4.79 Å². The minimum absolute atomic E-state index is 0.238. The van der Waals surface area contributed by atoms with Gasteiger partial charge in [0.25, 0.3) is 0 Å². The Labute approximate surface area is 64.7 Å². The van der Waals surface area contributed by atoms with Gasteiger partial charge in [-0.2, -0.15) is 0 Å². The van der Waals surface area contributed by atoms with Gasteiger partial charge in [0.05, 0.1) is 0 Å². The summed E-state index contributed by atoms with van der Waals surface area (Å²) in [6.07, 6.45) is 0.593. The summed E-state index contributed by atoms with van der Waals surface area (Å²) in [5.41, 5.74) is 1.18. The van der Waals surface area contributed by atoms with Gasteiger partial charge in [-0.25, -0.2) is 0 Å². The molecule has 1 nitrogen and oxygen atoms in total. The van der Waals surface area contributed by atoms with Gasteiger partial charge in [-0.3, -0.25) is 4.79 Å². The van der Waals surface area contributed by atoms with Crippen molar-refractivity contribution in [3.63, 3.8) is 0 Å². The third-order valence-corrected chi connectivity index (χ3v) is 2.29. The van der Waals surface area contributed by atoms with Crippen LogP contribution in [0.2, 0.25) is 0 Å². The molecule has 1 heterocycles. The summed E-state index contributed by atoms with van der Waals surface area (Å²) in [6.45, 7) is 3.67. The molecule has 0 atom stereocenters. The van der Waals surface area contributed by atoms with Gasteiger partial charge >= 0.3 is 0 Å². The smallest absolute Gasteiger partial charge is 0.134 e. The summed E-state index contributed by atoms with van der Waals surface area (Å²) in [5.74, 6) is 0.238. The van der Waals surface area contributed by atoms with E-state index in [0.29, 0.717) is 6.42 Å². The van der Waals surface area contributed by atoms with E-state index in [4.69, 9.17) is 0 Å². The zero-order valence-electron chi connectivity index (χ0n) is 6.18. The van der Waals surface area contributed by atoms with Crippen molar-refractivity contribution < 1.29 is 4.79 Å². The molecule has 54 valence electrons. The molecule has 0 radical (unpaired) electrons. The lowest BCUT2D eigenvalue weighted by Crippen LogP contribution is -1.95. The van der Waals surface area contributed by atoms with Crippen molar-refractivity contribution in [2.45, 2.75) is 20.3 Å². The van der Waals surface area contributed by atoms with Crippen LogP contribution < -0.4 is 0 Å². The Morgan fingerprint density at radius 1 is 1.70 bits per heavy atom. The third kappa shape index (κ3) is 1.67. The predicted octanol–water partition coefficient (Wildman–Crippen LogP) is 2.19. The molecule has 0 fully saturated rings. The van der Waals surface area contributed by atoms with Gasteiger partial charge in [-0.15, -0.1) is 11.3 Å². The fraction of sp³-hybridized carbons (Fsp3) is 0.375. The second kappa shape index (κ2) is 2.97. The van der Waals surface area contributed by atoms with E-state index in [2.05, 4.69) is 0 Å². The second-order valence-electron chi connectivity index (χ2n) is 2.38. The number of thiophene rings is 1. The van der Waals surface area contributed by atoms with Crippen molar-refractivity contribution in [2.24, 2.45) is 0 Å². The lowest BCUT2D eigenvalue weighted by Gasteiger charge is -1.92. The zero-order chi connectivity index (χ0) is 7.56. The molecular weight excluding hydrogens is 144 g/mol. The number of carbonyl (C=O) groups is 1. The maximum Gasteiger partial charge on any atom is 0.134 e. The maximum atomic E-state index is 10.7. The Balaban J connectivity index is 2.74. The molecule has 0 unspecified atom stereocenters. The van der Waals surface area contributed by atoms with Crippen molar-refractivity contribution >= 4 is 17.1 Å². The van der Waals surface area contributed by atoms with Gasteiger partial charge in [0.2, 0.25) is 0 Å². The standard InChI is InChI=1S/C8H10OS/c1-6(9)5-8-3-4-10-7(8)2/h3-4H,5H2,1-2H3. The molecule has 10 heavy (non-hydrogen) atoms. The van der Waals surface area contributed by atoms with Crippen LogP contribution in [0.15, 0.2) is 11.4 Å². The molecule has 0 saturated heterocycles. The predicted molar refractivity (Wildman–Crippen MR) is 43.4 cm³/mol. The lowest BCUT2D eigenvalue weighted by molar-refractivity contribution is -0.116. The number of Topliss-reactive ketones (excluding diaryl/α,β-unsaturated/α-hetero) is 1. The number of aryl methyl sites for hydroxylation is 1. The average molecular weight is 154 g/mol. The van der Waals surface area contributed by atoms with Crippen LogP contribution in [-0.2, 0) is 11.2 Å². The largest absolute Gasteiger partial charge is 0.300 e. The monoisotopic (exact) mass is 154 g/mol. The van der Waals surface area contributed by atoms with Crippen molar-refractivity contribution in [1.29, 1.82) is 0 Å². The fourth-order valence-electron chi connectivity index (χ4n) is 0.863. The molecule has 1 aromatic heterocycles. The Bertz CT molecular complexity index is 237.